The third-order valence-corrected chi connectivity index (χ3v) is 4.20. The molecule has 2 amide bonds. The van der Waals surface area contributed by atoms with Gasteiger partial charge in [-0.2, -0.15) is 0 Å². The third kappa shape index (κ3) is 6.40. The first-order valence-corrected chi connectivity index (χ1v) is 8.82. The molecule has 0 aliphatic rings. The molecule has 0 aliphatic carbocycles. The van der Waals surface area contributed by atoms with Gasteiger partial charge in [0.1, 0.15) is 5.75 Å². The van der Waals surface area contributed by atoms with E-state index in [9.17, 15) is 9.59 Å². The minimum Gasteiger partial charge on any atom is -0.482 e. The summed E-state index contributed by atoms with van der Waals surface area (Å²) in [6.45, 7) is -0.139. The van der Waals surface area contributed by atoms with E-state index < -0.39 is 0 Å². The fourth-order valence-corrected chi connectivity index (χ4v) is 2.80. The zero-order valence-electron chi connectivity index (χ0n) is 13.6. The van der Waals surface area contributed by atoms with Gasteiger partial charge in [0, 0.05) is 23.6 Å². The van der Waals surface area contributed by atoms with E-state index in [2.05, 4.69) is 26.6 Å². The van der Waals surface area contributed by atoms with Crippen molar-refractivity contribution in [2.24, 2.45) is 0 Å². The van der Waals surface area contributed by atoms with Gasteiger partial charge in [0.2, 0.25) is 5.91 Å². The van der Waals surface area contributed by atoms with Crippen LogP contribution in [0.5, 0.6) is 5.75 Å². The van der Waals surface area contributed by atoms with Gasteiger partial charge < -0.3 is 15.4 Å². The highest BCUT2D eigenvalue weighted by Gasteiger charge is 2.07. The second-order valence-corrected chi connectivity index (χ2v) is 6.60. The molecule has 2 aromatic rings. The Balaban J connectivity index is 1.82. The first kappa shape index (κ1) is 19.3. The zero-order valence-corrected chi connectivity index (χ0v) is 16.0. The van der Waals surface area contributed by atoms with Gasteiger partial charge in [-0.3, -0.25) is 9.59 Å². The first-order valence-electron chi connectivity index (χ1n) is 7.65. The van der Waals surface area contributed by atoms with E-state index in [4.69, 9.17) is 16.3 Å². The molecule has 2 rings (SSSR count). The molecule has 0 spiro atoms. The van der Waals surface area contributed by atoms with Crippen LogP contribution in [0, 0.1) is 0 Å². The van der Waals surface area contributed by atoms with Crippen LogP contribution < -0.4 is 15.4 Å². The van der Waals surface area contributed by atoms with Gasteiger partial charge in [-0.15, -0.1) is 0 Å². The van der Waals surface area contributed by atoms with Crippen LogP contribution in [0.4, 0.5) is 5.69 Å². The van der Waals surface area contributed by atoms with Crippen molar-refractivity contribution in [3.8, 4) is 5.75 Å². The fraction of sp³-hybridized carbons (Fsp3) is 0.222. The lowest BCUT2D eigenvalue weighted by molar-refractivity contribution is -0.120. The second kappa shape index (κ2) is 9.44. The molecule has 0 bridgehead atoms. The number of carbonyl (C=O) groups excluding carboxylic acids is 2. The van der Waals surface area contributed by atoms with Crippen molar-refractivity contribution >= 4 is 45.0 Å². The van der Waals surface area contributed by atoms with E-state index in [1.807, 2.05) is 12.1 Å². The number of halogens is 2. The molecule has 0 radical (unpaired) electrons. The Hall–Kier alpha value is -2.05. The number of amides is 2. The summed E-state index contributed by atoms with van der Waals surface area (Å²) in [7, 11) is 1.62. The van der Waals surface area contributed by atoms with Crippen LogP contribution in [-0.2, 0) is 16.0 Å². The highest BCUT2D eigenvalue weighted by molar-refractivity contribution is 9.10. The van der Waals surface area contributed by atoms with E-state index in [0.29, 0.717) is 29.3 Å². The number of anilines is 1. The Bertz CT molecular complexity index is 750. The molecule has 0 fully saturated rings. The van der Waals surface area contributed by atoms with Crippen LogP contribution in [0.3, 0.4) is 0 Å². The number of hydrogen-bond donors (Lipinski definition) is 2. The number of carbonyl (C=O) groups is 2. The molecule has 0 aliphatic heterocycles. The molecule has 2 aromatic carbocycles. The number of aryl methyl sites for hydroxylation is 1. The summed E-state index contributed by atoms with van der Waals surface area (Å²) < 4.78 is 6.26. The summed E-state index contributed by atoms with van der Waals surface area (Å²) in [5.74, 6) is 0.169. The molecule has 0 atom stereocenters. The summed E-state index contributed by atoms with van der Waals surface area (Å²) in [4.78, 5) is 23.2. The van der Waals surface area contributed by atoms with Crippen molar-refractivity contribution in [2.75, 3.05) is 19.0 Å². The van der Waals surface area contributed by atoms with Gasteiger partial charge in [-0.05, 0) is 42.3 Å². The summed E-state index contributed by atoms with van der Waals surface area (Å²) in [6, 6.07) is 12.5. The monoisotopic (exact) mass is 424 g/mol. The van der Waals surface area contributed by atoms with Crippen LogP contribution in [0.25, 0.3) is 0 Å². The lowest BCUT2D eigenvalue weighted by Crippen LogP contribution is -2.20. The molecular formula is C18H18BrClN2O3. The number of ether oxygens (including phenoxy) is 1. The zero-order chi connectivity index (χ0) is 18.2. The standard InChI is InChI=1S/C18H18BrClN2O3/c1-21-17(23)9-4-12-2-6-14(7-3-12)22-18(24)11-25-16-8-5-13(19)10-15(16)20/h2-3,5-8,10H,4,9,11H2,1H3,(H,21,23)(H,22,24). The molecule has 0 saturated heterocycles. The molecule has 5 nitrogen and oxygen atoms in total. The SMILES string of the molecule is CNC(=O)CCc1ccc(NC(=O)COc2ccc(Br)cc2Cl)cc1. The lowest BCUT2D eigenvalue weighted by Gasteiger charge is -2.09. The quantitative estimate of drug-likeness (QED) is 0.709. The van der Waals surface area contributed by atoms with Crippen molar-refractivity contribution < 1.29 is 14.3 Å². The topological polar surface area (TPSA) is 67.4 Å². The third-order valence-electron chi connectivity index (χ3n) is 3.41. The van der Waals surface area contributed by atoms with Gasteiger partial charge in [-0.1, -0.05) is 39.7 Å². The molecule has 7 heteroatoms. The second-order valence-electron chi connectivity index (χ2n) is 5.28. The molecule has 132 valence electrons. The fourth-order valence-electron chi connectivity index (χ4n) is 2.07. The first-order chi connectivity index (χ1) is 12.0. The minimum absolute atomic E-state index is 0.00105. The van der Waals surface area contributed by atoms with Crippen LogP contribution in [0.1, 0.15) is 12.0 Å². The van der Waals surface area contributed by atoms with E-state index in [0.717, 1.165) is 10.0 Å². The van der Waals surface area contributed by atoms with Gasteiger partial charge in [0.05, 0.1) is 5.02 Å². The average molecular weight is 426 g/mol. The highest BCUT2D eigenvalue weighted by Crippen LogP contribution is 2.27. The van der Waals surface area contributed by atoms with Crippen molar-refractivity contribution in [1.29, 1.82) is 0 Å². The number of rotatable bonds is 7. The van der Waals surface area contributed by atoms with Crippen LogP contribution in [0.2, 0.25) is 5.02 Å². The summed E-state index contributed by atoms with van der Waals surface area (Å²) in [6.07, 6.45) is 1.09. The Morgan fingerprint density at radius 1 is 1.12 bits per heavy atom. The molecule has 2 N–H and O–H groups in total. The van der Waals surface area contributed by atoms with E-state index in [-0.39, 0.29) is 18.4 Å². The van der Waals surface area contributed by atoms with Gasteiger partial charge >= 0.3 is 0 Å². The van der Waals surface area contributed by atoms with Gasteiger partial charge in [0.15, 0.2) is 6.61 Å². The van der Waals surface area contributed by atoms with Crippen LogP contribution >= 0.6 is 27.5 Å². The average Bonchev–Trinajstić information content (AvgIpc) is 2.60. The Labute approximate surface area is 159 Å². The van der Waals surface area contributed by atoms with E-state index >= 15 is 0 Å². The van der Waals surface area contributed by atoms with Crippen LogP contribution in [0.15, 0.2) is 46.9 Å². The summed E-state index contributed by atoms with van der Waals surface area (Å²) in [5.41, 5.74) is 1.69. The lowest BCUT2D eigenvalue weighted by atomic mass is 10.1. The molecular weight excluding hydrogens is 408 g/mol. The number of nitrogens with one attached hydrogen (secondary N) is 2. The number of hydrogen-bond acceptors (Lipinski definition) is 3. The predicted molar refractivity (Wildman–Crippen MR) is 102 cm³/mol. The predicted octanol–water partition coefficient (Wildman–Crippen LogP) is 3.80. The number of benzene rings is 2. The Kier molecular flexibility index (Phi) is 7.28. The summed E-state index contributed by atoms with van der Waals surface area (Å²) in [5, 5.41) is 5.77. The van der Waals surface area contributed by atoms with Crippen molar-refractivity contribution in [2.45, 2.75) is 12.8 Å². The highest BCUT2D eigenvalue weighted by atomic mass is 79.9. The largest absolute Gasteiger partial charge is 0.482 e. The maximum absolute atomic E-state index is 12.0. The molecule has 0 heterocycles. The minimum atomic E-state index is -0.280. The van der Waals surface area contributed by atoms with Gasteiger partial charge in [0.25, 0.3) is 5.91 Å². The molecule has 0 unspecified atom stereocenters. The Morgan fingerprint density at radius 2 is 1.84 bits per heavy atom. The molecule has 0 aromatic heterocycles. The molecule has 0 saturated carbocycles. The van der Waals surface area contributed by atoms with Crippen molar-refractivity contribution in [3.63, 3.8) is 0 Å². The van der Waals surface area contributed by atoms with Crippen LogP contribution in [-0.4, -0.2) is 25.5 Å². The van der Waals surface area contributed by atoms with E-state index in [1.54, 1.807) is 37.4 Å². The smallest absolute Gasteiger partial charge is 0.262 e. The maximum Gasteiger partial charge on any atom is 0.262 e. The van der Waals surface area contributed by atoms with Gasteiger partial charge in [-0.25, -0.2) is 0 Å². The van der Waals surface area contributed by atoms with Crippen molar-refractivity contribution in [1.82, 2.24) is 5.32 Å². The summed E-state index contributed by atoms with van der Waals surface area (Å²) >= 11 is 9.35. The van der Waals surface area contributed by atoms with E-state index in [1.165, 1.54) is 0 Å². The Morgan fingerprint density at radius 3 is 2.48 bits per heavy atom. The molecule has 25 heavy (non-hydrogen) atoms. The van der Waals surface area contributed by atoms with Crippen molar-refractivity contribution in [3.05, 3.63) is 57.5 Å². The normalized spacial score (nSPS) is 10.2. The maximum atomic E-state index is 12.0.